The van der Waals surface area contributed by atoms with E-state index >= 15 is 0 Å². The molecule has 0 fully saturated rings. The number of ether oxygens (including phenoxy) is 1. The van der Waals surface area contributed by atoms with E-state index in [-0.39, 0.29) is 23.9 Å². The summed E-state index contributed by atoms with van der Waals surface area (Å²) in [5.41, 5.74) is 0.506. The smallest absolute Gasteiger partial charge is 0.311 e. The van der Waals surface area contributed by atoms with Crippen molar-refractivity contribution in [3.05, 3.63) is 63.2 Å². The van der Waals surface area contributed by atoms with E-state index in [0.29, 0.717) is 29.4 Å². The van der Waals surface area contributed by atoms with Gasteiger partial charge < -0.3 is 15.4 Å². The Morgan fingerprint density at radius 3 is 2.69 bits per heavy atom. The molecule has 0 heterocycles. The van der Waals surface area contributed by atoms with Crippen LogP contribution in [-0.2, 0) is 11.3 Å². The summed E-state index contributed by atoms with van der Waals surface area (Å²) in [6, 6.07) is 11.4. The van der Waals surface area contributed by atoms with Crippen molar-refractivity contribution >= 4 is 23.2 Å². The third kappa shape index (κ3) is 5.72. The monoisotopic (exact) mass is 377 g/mol. The summed E-state index contributed by atoms with van der Waals surface area (Å²) in [7, 11) is 0. The summed E-state index contributed by atoms with van der Waals surface area (Å²) >= 11 is 6.03. The minimum atomic E-state index is -0.510. The molecule has 8 heteroatoms. The molecule has 0 saturated heterocycles. The molecule has 0 aromatic heterocycles. The summed E-state index contributed by atoms with van der Waals surface area (Å²) in [5.74, 6) is 0.336. The van der Waals surface area contributed by atoms with Crippen LogP contribution >= 0.6 is 11.6 Å². The van der Waals surface area contributed by atoms with Crippen LogP contribution in [0.4, 0.5) is 5.69 Å². The molecular weight excluding hydrogens is 358 g/mol. The molecule has 0 aliphatic rings. The van der Waals surface area contributed by atoms with Crippen molar-refractivity contribution in [1.82, 2.24) is 10.6 Å². The van der Waals surface area contributed by atoms with Gasteiger partial charge in [0.1, 0.15) is 5.75 Å². The predicted molar refractivity (Wildman–Crippen MR) is 99.6 cm³/mol. The standard InChI is InChI=1S/C18H20ClN3O4/c1-2-9-21-18(23)12-20-11-13-7-8-17(15(10-13)22(24)25)26-16-6-4-3-5-14(16)19/h3-8,10,20H,2,9,11-12H2,1H3,(H,21,23). The number of hydrogen-bond donors (Lipinski definition) is 2. The Kier molecular flexibility index (Phi) is 7.37. The molecule has 0 atom stereocenters. The highest BCUT2D eigenvalue weighted by atomic mass is 35.5. The molecule has 0 radical (unpaired) electrons. The maximum atomic E-state index is 11.5. The maximum Gasteiger partial charge on any atom is 0.311 e. The van der Waals surface area contributed by atoms with Crippen LogP contribution in [0.25, 0.3) is 0 Å². The molecule has 7 nitrogen and oxygen atoms in total. The number of carbonyl (C=O) groups excluding carboxylic acids is 1. The average molecular weight is 378 g/mol. The van der Waals surface area contributed by atoms with Crippen LogP contribution in [0.2, 0.25) is 5.02 Å². The van der Waals surface area contributed by atoms with E-state index in [4.69, 9.17) is 16.3 Å². The number of nitrogens with one attached hydrogen (secondary N) is 2. The number of nitro groups is 1. The molecular formula is C18H20ClN3O4. The molecule has 0 spiro atoms. The van der Waals surface area contributed by atoms with Crippen LogP contribution in [0.5, 0.6) is 11.5 Å². The molecule has 26 heavy (non-hydrogen) atoms. The van der Waals surface area contributed by atoms with Crippen LogP contribution in [-0.4, -0.2) is 23.9 Å². The fourth-order valence-corrected chi connectivity index (χ4v) is 2.37. The first-order valence-electron chi connectivity index (χ1n) is 8.18. The van der Waals surface area contributed by atoms with E-state index in [1.54, 1.807) is 30.3 Å². The fraction of sp³-hybridized carbons (Fsp3) is 0.278. The van der Waals surface area contributed by atoms with Gasteiger partial charge in [-0.15, -0.1) is 0 Å². The summed E-state index contributed by atoms with van der Waals surface area (Å²) in [5, 5.41) is 17.4. The lowest BCUT2D eigenvalue weighted by Gasteiger charge is -2.10. The summed E-state index contributed by atoms with van der Waals surface area (Å²) in [4.78, 5) is 22.4. The zero-order valence-corrected chi connectivity index (χ0v) is 15.1. The topological polar surface area (TPSA) is 93.5 Å². The molecule has 2 aromatic carbocycles. The molecule has 0 aliphatic carbocycles. The van der Waals surface area contributed by atoms with Gasteiger partial charge in [-0.05, 0) is 30.2 Å². The van der Waals surface area contributed by atoms with Gasteiger partial charge in [0, 0.05) is 19.2 Å². The van der Waals surface area contributed by atoms with Crippen LogP contribution in [0, 0.1) is 10.1 Å². The highest BCUT2D eigenvalue weighted by Crippen LogP contribution is 2.35. The fourth-order valence-electron chi connectivity index (χ4n) is 2.20. The van der Waals surface area contributed by atoms with Crippen molar-refractivity contribution in [3.8, 4) is 11.5 Å². The number of nitro benzene ring substituents is 1. The van der Waals surface area contributed by atoms with Crippen LogP contribution in [0.1, 0.15) is 18.9 Å². The molecule has 0 bridgehead atoms. The quantitative estimate of drug-likeness (QED) is 0.513. The number of halogens is 1. The van der Waals surface area contributed by atoms with Crippen molar-refractivity contribution < 1.29 is 14.5 Å². The van der Waals surface area contributed by atoms with Gasteiger partial charge in [0.25, 0.3) is 0 Å². The molecule has 0 aliphatic heterocycles. The molecule has 2 aromatic rings. The first kappa shape index (κ1) is 19.7. The van der Waals surface area contributed by atoms with Gasteiger partial charge in [0.05, 0.1) is 16.5 Å². The third-order valence-corrected chi connectivity index (χ3v) is 3.78. The lowest BCUT2D eigenvalue weighted by atomic mass is 10.2. The van der Waals surface area contributed by atoms with Crippen molar-refractivity contribution in [2.24, 2.45) is 0 Å². The van der Waals surface area contributed by atoms with Gasteiger partial charge in [0.15, 0.2) is 0 Å². The highest BCUT2D eigenvalue weighted by molar-refractivity contribution is 6.32. The van der Waals surface area contributed by atoms with Crippen LogP contribution < -0.4 is 15.4 Å². The second-order valence-corrected chi connectivity index (χ2v) is 5.95. The molecule has 2 N–H and O–H groups in total. The minimum Gasteiger partial charge on any atom is -0.449 e. The van der Waals surface area contributed by atoms with Crippen LogP contribution in [0.3, 0.4) is 0 Å². The summed E-state index contributed by atoms with van der Waals surface area (Å²) < 4.78 is 5.59. The van der Waals surface area contributed by atoms with Gasteiger partial charge in [-0.25, -0.2) is 0 Å². The number of carbonyl (C=O) groups is 1. The average Bonchev–Trinajstić information content (AvgIpc) is 2.62. The van der Waals surface area contributed by atoms with Gasteiger partial charge in [0.2, 0.25) is 11.7 Å². The molecule has 0 unspecified atom stereocenters. The van der Waals surface area contributed by atoms with Crippen molar-refractivity contribution in [2.45, 2.75) is 19.9 Å². The number of hydrogen-bond acceptors (Lipinski definition) is 5. The third-order valence-electron chi connectivity index (χ3n) is 3.46. The Morgan fingerprint density at radius 2 is 2.00 bits per heavy atom. The van der Waals surface area contributed by atoms with E-state index in [0.717, 1.165) is 6.42 Å². The number of rotatable bonds is 9. The zero-order valence-electron chi connectivity index (χ0n) is 14.3. The Hall–Kier alpha value is -2.64. The number of amides is 1. The van der Waals surface area contributed by atoms with Gasteiger partial charge in [-0.1, -0.05) is 36.7 Å². The van der Waals surface area contributed by atoms with Crippen molar-refractivity contribution in [1.29, 1.82) is 0 Å². The lowest BCUT2D eigenvalue weighted by molar-refractivity contribution is -0.385. The Labute approximate surface area is 156 Å². The number of benzene rings is 2. The zero-order chi connectivity index (χ0) is 18.9. The Morgan fingerprint density at radius 1 is 1.23 bits per heavy atom. The van der Waals surface area contributed by atoms with Crippen molar-refractivity contribution in [2.75, 3.05) is 13.1 Å². The molecule has 2 rings (SSSR count). The molecule has 0 saturated carbocycles. The maximum absolute atomic E-state index is 11.5. The largest absolute Gasteiger partial charge is 0.449 e. The Balaban J connectivity index is 2.05. The summed E-state index contributed by atoms with van der Waals surface area (Å²) in [6.45, 7) is 3.07. The SMILES string of the molecule is CCCNC(=O)CNCc1ccc(Oc2ccccc2Cl)c([N+](=O)[O-])c1. The number of nitrogens with zero attached hydrogens (tertiary/aromatic N) is 1. The van der Waals surface area contributed by atoms with Crippen molar-refractivity contribution in [3.63, 3.8) is 0 Å². The van der Waals surface area contributed by atoms with Crippen LogP contribution in [0.15, 0.2) is 42.5 Å². The van der Waals surface area contributed by atoms with Gasteiger partial charge >= 0.3 is 5.69 Å². The number of para-hydroxylation sites is 1. The van der Waals surface area contributed by atoms with E-state index in [2.05, 4.69) is 10.6 Å². The second-order valence-electron chi connectivity index (χ2n) is 5.55. The molecule has 1 amide bonds. The van der Waals surface area contributed by atoms with Gasteiger partial charge in [-0.3, -0.25) is 14.9 Å². The van der Waals surface area contributed by atoms with E-state index in [1.165, 1.54) is 12.1 Å². The first-order chi connectivity index (χ1) is 12.5. The highest BCUT2D eigenvalue weighted by Gasteiger charge is 2.17. The second kappa shape index (κ2) is 9.74. The van der Waals surface area contributed by atoms with Gasteiger partial charge in [-0.2, -0.15) is 0 Å². The van der Waals surface area contributed by atoms with E-state index in [1.807, 2.05) is 6.92 Å². The molecule has 138 valence electrons. The Bertz CT molecular complexity index is 783. The first-order valence-corrected chi connectivity index (χ1v) is 8.56. The predicted octanol–water partition coefficient (Wildman–Crippen LogP) is 3.66. The normalized spacial score (nSPS) is 10.4. The van der Waals surface area contributed by atoms with E-state index in [9.17, 15) is 14.9 Å². The minimum absolute atomic E-state index is 0.104. The van der Waals surface area contributed by atoms with E-state index < -0.39 is 4.92 Å². The lowest BCUT2D eigenvalue weighted by Crippen LogP contribution is -2.33. The summed E-state index contributed by atoms with van der Waals surface area (Å²) in [6.07, 6.45) is 0.866.